The number of hydrogen-bond acceptors (Lipinski definition) is 7. The predicted molar refractivity (Wildman–Crippen MR) is 147 cm³/mol. The van der Waals surface area contributed by atoms with Crippen molar-refractivity contribution in [1.29, 1.82) is 5.26 Å². The fourth-order valence-corrected chi connectivity index (χ4v) is 3.03. The standard InChI is InChI=1S/C19H11F2N7O2.4C2H6/c20-14-6-12(28(29)30)5-4-11(14)8-27-9-24-17-16(25-19(23)26-18(17)27)13-3-1-2-10(7-22)15(13)21;4*1-2/h1-6,9H,8H2,(H2,23,25,26);4*1-2H3. The summed E-state index contributed by atoms with van der Waals surface area (Å²) in [5.74, 6) is -1.69. The van der Waals surface area contributed by atoms with Crippen molar-refractivity contribution < 1.29 is 13.7 Å². The van der Waals surface area contributed by atoms with Crippen molar-refractivity contribution in [3.05, 3.63) is 75.6 Å². The van der Waals surface area contributed by atoms with Gasteiger partial charge in [-0.3, -0.25) is 10.1 Å². The minimum absolute atomic E-state index is 0.0277. The van der Waals surface area contributed by atoms with Gasteiger partial charge >= 0.3 is 0 Å². The summed E-state index contributed by atoms with van der Waals surface area (Å²) in [4.78, 5) is 22.5. The Hall–Kier alpha value is -4.46. The molecule has 9 nitrogen and oxygen atoms in total. The molecule has 0 amide bonds. The second-order valence-electron chi connectivity index (χ2n) is 6.29. The fourth-order valence-electron chi connectivity index (χ4n) is 3.03. The maximum atomic E-state index is 14.7. The van der Waals surface area contributed by atoms with Crippen molar-refractivity contribution in [2.45, 2.75) is 61.9 Å². The van der Waals surface area contributed by atoms with Crippen LogP contribution >= 0.6 is 0 Å². The minimum atomic E-state index is -0.768. The third-order valence-electron chi connectivity index (χ3n) is 4.44. The highest BCUT2D eigenvalue weighted by Gasteiger charge is 2.19. The number of nitro benzene ring substituents is 1. The molecule has 0 unspecified atom stereocenters. The Morgan fingerprint density at radius 2 is 1.66 bits per heavy atom. The van der Waals surface area contributed by atoms with E-state index in [1.165, 1.54) is 41.2 Å². The Kier molecular flexibility index (Phi) is 15.1. The number of rotatable bonds is 4. The van der Waals surface area contributed by atoms with Crippen LogP contribution in [0.2, 0.25) is 0 Å². The lowest BCUT2D eigenvalue weighted by molar-refractivity contribution is -0.385. The smallest absolute Gasteiger partial charge is 0.272 e. The Bertz CT molecular complexity index is 1370. The van der Waals surface area contributed by atoms with Crippen LogP contribution in [0.25, 0.3) is 22.4 Å². The van der Waals surface area contributed by atoms with E-state index in [0.717, 1.165) is 6.07 Å². The molecule has 2 aromatic heterocycles. The van der Waals surface area contributed by atoms with Crippen LogP contribution in [0.15, 0.2) is 42.7 Å². The molecular formula is C27H35F2N7O2. The SMILES string of the molecule is CC.CC.CC.CC.N#Cc1cccc(-c2nc(N)nc3c2ncn3Cc2ccc([N+](=O)[O-])cc2F)c1F. The van der Waals surface area contributed by atoms with Crippen molar-refractivity contribution in [2.24, 2.45) is 0 Å². The van der Waals surface area contributed by atoms with Crippen molar-refractivity contribution in [3.8, 4) is 17.3 Å². The molecule has 11 heteroatoms. The summed E-state index contributed by atoms with van der Waals surface area (Å²) in [6.45, 7) is 16.0. The number of aromatic nitrogens is 4. The van der Waals surface area contributed by atoms with E-state index >= 15 is 0 Å². The molecular weight excluding hydrogens is 492 g/mol. The topological polar surface area (TPSA) is 137 Å². The molecule has 2 aromatic carbocycles. The van der Waals surface area contributed by atoms with Crippen LogP contribution in [0.1, 0.15) is 66.5 Å². The number of hydrogen-bond donors (Lipinski definition) is 1. The van der Waals surface area contributed by atoms with Gasteiger partial charge < -0.3 is 10.3 Å². The van der Waals surface area contributed by atoms with Gasteiger partial charge in [0.25, 0.3) is 5.69 Å². The van der Waals surface area contributed by atoms with E-state index in [2.05, 4.69) is 15.0 Å². The van der Waals surface area contributed by atoms with Crippen LogP contribution in [0, 0.1) is 33.1 Å². The van der Waals surface area contributed by atoms with Crippen LogP contribution in [0.5, 0.6) is 0 Å². The highest BCUT2D eigenvalue weighted by molar-refractivity contribution is 5.88. The highest BCUT2D eigenvalue weighted by Crippen LogP contribution is 2.29. The average Bonchev–Trinajstić information content (AvgIpc) is 3.36. The van der Waals surface area contributed by atoms with E-state index in [4.69, 9.17) is 11.0 Å². The molecule has 38 heavy (non-hydrogen) atoms. The quantitative estimate of drug-likeness (QED) is 0.217. The summed E-state index contributed by atoms with van der Waals surface area (Å²) >= 11 is 0. The zero-order valence-corrected chi connectivity index (χ0v) is 23.1. The molecule has 0 atom stereocenters. The van der Waals surface area contributed by atoms with Gasteiger partial charge in [0.1, 0.15) is 28.9 Å². The van der Waals surface area contributed by atoms with Crippen LogP contribution in [0.3, 0.4) is 0 Å². The zero-order valence-electron chi connectivity index (χ0n) is 23.1. The number of nitriles is 1. The number of nitro groups is 1. The summed E-state index contributed by atoms with van der Waals surface area (Å²) in [5, 5.41) is 19.8. The monoisotopic (exact) mass is 527 g/mol. The summed E-state index contributed by atoms with van der Waals surface area (Å²) < 4.78 is 30.4. The van der Waals surface area contributed by atoms with Gasteiger partial charge in [-0.15, -0.1) is 0 Å². The predicted octanol–water partition coefficient (Wildman–Crippen LogP) is 7.29. The molecule has 2 N–H and O–H groups in total. The van der Waals surface area contributed by atoms with Crippen molar-refractivity contribution in [2.75, 3.05) is 5.73 Å². The molecule has 0 bridgehead atoms. The second-order valence-corrected chi connectivity index (χ2v) is 6.29. The Morgan fingerprint density at radius 1 is 1.03 bits per heavy atom. The van der Waals surface area contributed by atoms with Gasteiger partial charge in [-0.25, -0.2) is 18.7 Å². The number of imidazole rings is 1. The molecule has 0 saturated heterocycles. The number of benzene rings is 2. The zero-order chi connectivity index (χ0) is 29.4. The highest BCUT2D eigenvalue weighted by atomic mass is 19.1. The van der Waals surface area contributed by atoms with Gasteiger partial charge in [0.05, 0.1) is 29.4 Å². The molecule has 0 aliphatic heterocycles. The molecule has 4 aromatic rings. The first kappa shape index (κ1) is 33.5. The maximum Gasteiger partial charge on any atom is 0.272 e. The number of anilines is 1. The van der Waals surface area contributed by atoms with Gasteiger partial charge in [0.15, 0.2) is 5.65 Å². The van der Waals surface area contributed by atoms with E-state index < -0.39 is 16.6 Å². The molecule has 0 saturated carbocycles. The van der Waals surface area contributed by atoms with Crippen LogP contribution in [-0.2, 0) is 6.54 Å². The van der Waals surface area contributed by atoms with Crippen molar-refractivity contribution >= 4 is 22.8 Å². The van der Waals surface area contributed by atoms with E-state index in [9.17, 15) is 18.9 Å². The molecule has 2 heterocycles. The third-order valence-corrected chi connectivity index (χ3v) is 4.44. The number of fused-ring (bicyclic) bond motifs is 1. The van der Waals surface area contributed by atoms with Gasteiger partial charge in [-0.1, -0.05) is 61.5 Å². The number of nitrogen functional groups attached to an aromatic ring is 1. The molecule has 0 aliphatic carbocycles. The van der Waals surface area contributed by atoms with E-state index in [0.29, 0.717) is 0 Å². The van der Waals surface area contributed by atoms with Gasteiger partial charge in [-0.05, 0) is 18.2 Å². The van der Waals surface area contributed by atoms with E-state index in [1.807, 2.05) is 55.4 Å². The lowest BCUT2D eigenvalue weighted by atomic mass is 10.1. The van der Waals surface area contributed by atoms with Gasteiger partial charge in [0.2, 0.25) is 5.95 Å². The summed E-state index contributed by atoms with van der Waals surface area (Å²) in [6, 6.07) is 9.34. The minimum Gasteiger partial charge on any atom is -0.368 e. The van der Waals surface area contributed by atoms with Crippen molar-refractivity contribution in [1.82, 2.24) is 19.5 Å². The Balaban J connectivity index is 0.00000157. The summed E-state index contributed by atoms with van der Waals surface area (Å²) in [6.07, 6.45) is 1.36. The van der Waals surface area contributed by atoms with Gasteiger partial charge in [-0.2, -0.15) is 10.2 Å². The van der Waals surface area contributed by atoms with Crippen LogP contribution < -0.4 is 5.73 Å². The molecule has 0 radical (unpaired) electrons. The molecule has 0 aliphatic rings. The first-order valence-corrected chi connectivity index (χ1v) is 12.5. The lowest BCUT2D eigenvalue weighted by Crippen LogP contribution is -2.05. The van der Waals surface area contributed by atoms with E-state index in [-0.39, 0.29) is 51.7 Å². The number of nitrogens with zero attached hydrogens (tertiary/aromatic N) is 6. The Morgan fingerprint density at radius 3 is 2.21 bits per heavy atom. The molecule has 0 fully saturated rings. The first-order valence-electron chi connectivity index (χ1n) is 12.5. The summed E-state index contributed by atoms with van der Waals surface area (Å²) in [7, 11) is 0. The maximum absolute atomic E-state index is 14.7. The second kappa shape index (κ2) is 17.1. The van der Waals surface area contributed by atoms with Gasteiger partial charge in [0, 0.05) is 17.2 Å². The van der Waals surface area contributed by atoms with Crippen molar-refractivity contribution in [3.63, 3.8) is 0 Å². The number of halogens is 2. The molecule has 204 valence electrons. The Labute approximate surface area is 222 Å². The molecule has 4 rings (SSSR count). The summed E-state index contributed by atoms with van der Waals surface area (Å²) in [5.41, 5.74) is 5.97. The normalized spacial score (nSPS) is 9.18. The number of non-ortho nitro benzene ring substituents is 1. The van der Waals surface area contributed by atoms with E-state index in [1.54, 1.807) is 6.07 Å². The fraction of sp³-hybridized carbons (Fsp3) is 0.333. The lowest BCUT2D eigenvalue weighted by Gasteiger charge is -2.08. The molecule has 0 spiro atoms. The first-order chi connectivity index (χ1) is 18.4. The van der Waals surface area contributed by atoms with Crippen LogP contribution in [-0.4, -0.2) is 24.4 Å². The van der Waals surface area contributed by atoms with Crippen LogP contribution in [0.4, 0.5) is 20.4 Å². The average molecular weight is 528 g/mol. The number of nitrogens with two attached hydrogens (primary N) is 1. The largest absolute Gasteiger partial charge is 0.368 e. The third kappa shape index (κ3) is 7.77.